The highest BCUT2D eigenvalue weighted by Gasteiger charge is 2.15. The van der Waals surface area contributed by atoms with Gasteiger partial charge in [-0.25, -0.2) is 0 Å². The Morgan fingerprint density at radius 1 is 1.04 bits per heavy atom. The molecule has 2 aromatic carbocycles. The van der Waals surface area contributed by atoms with Gasteiger partial charge in [-0.2, -0.15) is 0 Å². The van der Waals surface area contributed by atoms with Crippen LogP contribution in [0.4, 0.5) is 0 Å². The highest BCUT2D eigenvalue weighted by atomic mass is 16.5. The summed E-state index contributed by atoms with van der Waals surface area (Å²) in [4.78, 5) is 29.3. The van der Waals surface area contributed by atoms with Gasteiger partial charge in [0.1, 0.15) is 11.5 Å². The van der Waals surface area contributed by atoms with Crippen molar-refractivity contribution < 1.29 is 14.3 Å². The molecule has 0 saturated carbocycles. The van der Waals surface area contributed by atoms with Crippen molar-refractivity contribution in [1.29, 1.82) is 0 Å². The zero-order valence-corrected chi connectivity index (χ0v) is 14.9. The molecule has 1 heterocycles. The Morgan fingerprint density at radius 2 is 1.77 bits per heavy atom. The molecule has 0 aliphatic rings. The third-order valence-electron chi connectivity index (χ3n) is 4.20. The monoisotopic (exact) mass is 352 g/mol. The van der Waals surface area contributed by atoms with Crippen LogP contribution in [0.25, 0.3) is 10.9 Å². The summed E-state index contributed by atoms with van der Waals surface area (Å²) in [6.45, 7) is 0.193. The van der Waals surface area contributed by atoms with Gasteiger partial charge in [-0.15, -0.1) is 0 Å². The lowest BCUT2D eigenvalue weighted by Gasteiger charge is -2.17. The van der Waals surface area contributed by atoms with Crippen molar-refractivity contribution in [1.82, 2.24) is 9.88 Å². The molecule has 0 bridgehead atoms. The number of methoxy groups -OCH3 is 2. The molecule has 0 atom stereocenters. The van der Waals surface area contributed by atoms with Crippen LogP contribution in [0, 0.1) is 0 Å². The molecule has 26 heavy (non-hydrogen) atoms. The van der Waals surface area contributed by atoms with Crippen LogP contribution in [-0.2, 0) is 6.54 Å². The minimum absolute atomic E-state index is 0.186. The van der Waals surface area contributed by atoms with Gasteiger partial charge >= 0.3 is 0 Å². The van der Waals surface area contributed by atoms with Gasteiger partial charge in [0.05, 0.1) is 20.8 Å². The van der Waals surface area contributed by atoms with Crippen LogP contribution in [0.1, 0.15) is 15.9 Å². The largest absolute Gasteiger partial charge is 0.497 e. The van der Waals surface area contributed by atoms with E-state index in [4.69, 9.17) is 9.47 Å². The Bertz CT molecular complexity index is 1010. The van der Waals surface area contributed by atoms with E-state index in [1.165, 1.54) is 4.90 Å². The standard InChI is InChI=1S/C20H20N2O4/c1-22(20(24)13-5-4-6-16(10-13)25-2)12-15-9-14-11-17(26-3)7-8-18(14)21-19(15)23/h4-11H,12H2,1-3H3,(H,21,23). The fourth-order valence-corrected chi connectivity index (χ4v) is 2.78. The molecule has 3 rings (SSSR count). The minimum atomic E-state index is -0.215. The number of hydrogen-bond donors (Lipinski definition) is 1. The average Bonchev–Trinajstić information content (AvgIpc) is 2.67. The van der Waals surface area contributed by atoms with Crippen LogP contribution in [-0.4, -0.2) is 37.1 Å². The number of benzene rings is 2. The molecule has 6 heteroatoms. The lowest BCUT2D eigenvalue weighted by Crippen LogP contribution is -2.29. The molecule has 0 aliphatic carbocycles. The van der Waals surface area contributed by atoms with E-state index in [0.29, 0.717) is 22.6 Å². The molecule has 1 aromatic heterocycles. The number of carbonyl (C=O) groups excluding carboxylic acids is 1. The first-order valence-corrected chi connectivity index (χ1v) is 8.11. The van der Waals surface area contributed by atoms with Crippen molar-refractivity contribution in [3.05, 3.63) is 70.0 Å². The second kappa shape index (κ2) is 7.31. The van der Waals surface area contributed by atoms with Gasteiger partial charge in [0.25, 0.3) is 11.5 Å². The van der Waals surface area contributed by atoms with Crippen LogP contribution in [0.2, 0.25) is 0 Å². The number of fused-ring (bicyclic) bond motifs is 1. The molecule has 0 radical (unpaired) electrons. The Hall–Kier alpha value is -3.28. The Labute approximate surface area is 151 Å². The van der Waals surface area contributed by atoms with Crippen LogP contribution in [0.5, 0.6) is 11.5 Å². The summed E-state index contributed by atoms with van der Waals surface area (Å²) >= 11 is 0. The third kappa shape index (κ3) is 3.54. The van der Waals surface area contributed by atoms with Crippen LogP contribution in [0.15, 0.2) is 53.3 Å². The zero-order valence-electron chi connectivity index (χ0n) is 14.9. The van der Waals surface area contributed by atoms with Crippen molar-refractivity contribution in [2.24, 2.45) is 0 Å². The van der Waals surface area contributed by atoms with Crippen molar-refractivity contribution in [3.8, 4) is 11.5 Å². The number of nitrogens with zero attached hydrogens (tertiary/aromatic N) is 1. The maximum atomic E-state index is 12.6. The highest BCUT2D eigenvalue weighted by Crippen LogP contribution is 2.20. The summed E-state index contributed by atoms with van der Waals surface area (Å²) in [6, 6.07) is 14.1. The first-order chi connectivity index (χ1) is 12.5. The normalized spacial score (nSPS) is 10.6. The summed E-state index contributed by atoms with van der Waals surface area (Å²) in [7, 11) is 4.81. The van der Waals surface area contributed by atoms with Gasteiger partial charge in [0.2, 0.25) is 0 Å². The number of hydrogen-bond acceptors (Lipinski definition) is 4. The van der Waals surface area contributed by atoms with E-state index in [1.54, 1.807) is 63.7 Å². The fourth-order valence-electron chi connectivity index (χ4n) is 2.78. The van der Waals surface area contributed by atoms with E-state index in [1.807, 2.05) is 6.07 Å². The number of H-pyrrole nitrogens is 1. The van der Waals surface area contributed by atoms with E-state index < -0.39 is 0 Å². The molecule has 6 nitrogen and oxygen atoms in total. The molecule has 1 amide bonds. The minimum Gasteiger partial charge on any atom is -0.497 e. The summed E-state index contributed by atoms with van der Waals surface area (Å²) in [6.07, 6.45) is 0. The predicted octanol–water partition coefficient (Wildman–Crippen LogP) is 2.82. The molecular formula is C20H20N2O4. The molecule has 1 N–H and O–H groups in total. The Morgan fingerprint density at radius 3 is 2.50 bits per heavy atom. The van der Waals surface area contributed by atoms with Crippen LogP contribution in [0.3, 0.4) is 0 Å². The molecule has 134 valence electrons. The smallest absolute Gasteiger partial charge is 0.254 e. The maximum absolute atomic E-state index is 12.6. The summed E-state index contributed by atoms with van der Waals surface area (Å²) in [5, 5.41) is 0.848. The lowest BCUT2D eigenvalue weighted by molar-refractivity contribution is 0.0784. The highest BCUT2D eigenvalue weighted by molar-refractivity contribution is 5.94. The van der Waals surface area contributed by atoms with E-state index in [-0.39, 0.29) is 18.0 Å². The van der Waals surface area contributed by atoms with E-state index in [0.717, 1.165) is 10.9 Å². The van der Waals surface area contributed by atoms with Gasteiger partial charge < -0.3 is 19.4 Å². The number of aromatic amines is 1. The number of amides is 1. The van der Waals surface area contributed by atoms with Gasteiger partial charge in [-0.05, 0) is 42.5 Å². The van der Waals surface area contributed by atoms with Crippen LogP contribution < -0.4 is 15.0 Å². The molecular weight excluding hydrogens is 332 g/mol. The SMILES string of the molecule is COc1cccc(C(=O)N(C)Cc2cc3cc(OC)ccc3[nH]c2=O)c1. The number of aromatic nitrogens is 1. The second-order valence-electron chi connectivity index (χ2n) is 5.97. The first-order valence-electron chi connectivity index (χ1n) is 8.11. The van der Waals surface area contributed by atoms with Gasteiger partial charge in [0.15, 0.2) is 0 Å². The molecule has 0 spiro atoms. The molecule has 0 unspecified atom stereocenters. The summed E-state index contributed by atoms with van der Waals surface area (Å²) in [5.41, 5.74) is 1.52. The van der Waals surface area contributed by atoms with E-state index in [2.05, 4.69) is 4.98 Å². The third-order valence-corrected chi connectivity index (χ3v) is 4.20. The quantitative estimate of drug-likeness (QED) is 0.766. The Balaban J connectivity index is 1.88. The summed E-state index contributed by atoms with van der Waals surface area (Å²) < 4.78 is 10.4. The zero-order chi connectivity index (χ0) is 18.7. The topological polar surface area (TPSA) is 71.6 Å². The number of ether oxygens (including phenoxy) is 2. The van der Waals surface area contributed by atoms with Gasteiger partial charge in [-0.3, -0.25) is 9.59 Å². The van der Waals surface area contributed by atoms with E-state index in [9.17, 15) is 9.59 Å². The fraction of sp³-hybridized carbons (Fsp3) is 0.200. The average molecular weight is 352 g/mol. The van der Waals surface area contributed by atoms with Crippen molar-refractivity contribution in [2.45, 2.75) is 6.54 Å². The molecule has 0 saturated heterocycles. The number of rotatable bonds is 5. The maximum Gasteiger partial charge on any atom is 0.254 e. The molecule has 0 fully saturated rings. The van der Waals surface area contributed by atoms with Gasteiger partial charge in [0, 0.05) is 29.1 Å². The molecule has 3 aromatic rings. The second-order valence-corrected chi connectivity index (χ2v) is 5.97. The van der Waals surface area contributed by atoms with Crippen molar-refractivity contribution in [3.63, 3.8) is 0 Å². The van der Waals surface area contributed by atoms with Crippen molar-refractivity contribution in [2.75, 3.05) is 21.3 Å². The molecule has 0 aliphatic heterocycles. The summed E-state index contributed by atoms with van der Waals surface area (Å²) in [5.74, 6) is 1.13. The Kier molecular flexibility index (Phi) is 4.93. The first kappa shape index (κ1) is 17.5. The van der Waals surface area contributed by atoms with Crippen molar-refractivity contribution >= 4 is 16.8 Å². The van der Waals surface area contributed by atoms with Gasteiger partial charge in [-0.1, -0.05) is 6.07 Å². The van der Waals surface area contributed by atoms with E-state index >= 15 is 0 Å². The predicted molar refractivity (Wildman–Crippen MR) is 99.9 cm³/mol. The number of pyridine rings is 1. The number of nitrogens with one attached hydrogen (secondary N) is 1. The number of carbonyl (C=O) groups is 1. The lowest BCUT2D eigenvalue weighted by atomic mass is 10.1. The van der Waals surface area contributed by atoms with Crippen LogP contribution >= 0.6 is 0 Å².